The molecule has 0 atom stereocenters. The summed E-state index contributed by atoms with van der Waals surface area (Å²) in [6.07, 6.45) is 5.43. The third kappa shape index (κ3) is 0.992. The van der Waals surface area contributed by atoms with E-state index in [2.05, 4.69) is 10.6 Å². The Hall–Kier alpha value is -0.990. The van der Waals surface area contributed by atoms with Gasteiger partial charge in [-0.15, -0.1) is 0 Å². The number of allylic oxidation sites excluding steroid dienone is 1. The number of hydrazine groups is 1. The van der Waals surface area contributed by atoms with Crippen LogP contribution < -0.4 is 5.53 Å². The largest absolute Gasteiger partial charge is 0.274 e. The van der Waals surface area contributed by atoms with Gasteiger partial charge in [0.15, 0.2) is 0 Å². The maximum Gasteiger partial charge on any atom is 0.0705 e. The van der Waals surface area contributed by atoms with Crippen LogP contribution in [0, 0.1) is 6.54 Å². The second-order valence-electron chi connectivity index (χ2n) is 1.39. The van der Waals surface area contributed by atoms with Crippen molar-refractivity contribution in [2.24, 2.45) is 5.10 Å². The Bertz CT molecular complexity index is 117. The number of hydrogen-bond donors (Lipinski definition) is 1. The topological polar surface area (TPSA) is 27.6 Å². The van der Waals surface area contributed by atoms with Crippen molar-refractivity contribution in [3.8, 4) is 0 Å². The van der Waals surface area contributed by atoms with E-state index >= 15 is 0 Å². The highest BCUT2D eigenvalue weighted by molar-refractivity contribution is 5.71. The fourth-order valence-corrected chi connectivity index (χ4v) is 0.451. The third-order valence-corrected chi connectivity index (χ3v) is 0.859. The minimum atomic E-state index is 1.69. The number of hydrazone groups is 1. The molecule has 1 aliphatic heterocycles. The van der Waals surface area contributed by atoms with Gasteiger partial charge in [-0.3, -0.25) is 5.01 Å². The summed E-state index contributed by atoms with van der Waals surface area (Å²) in [7, 11) is 0. The van der Waals surface area contributed by atoms with Crippen molar-refractivity contribution < 1.29 is 0 Å². The fourth-order valence-electron chi connectivity index (χ4n) is 0.451. The molecule has 1 N–H and O–H groups in total. The molecule has 0 aromatic rings. The minimum Gasteiger partial charge on any atom is -0.274 e. The summed E-state index contributed by atoms with van der Waals surface area (Å²) in [6, 6.07) is 0. The van der Waals surface area contributed by atoms with Gasteiger partial charge in [0.1, 0.15) is 0 Å². The molecule has 1 radical (unpaired) electrons. The zero-order valence-electron chi connectivity index (χ0n) is 4.70. The van der Waals surface area contributed by atoms with Crippen molar-refractivity contribution >= 4 is 6.21 Å². The summed E-state index contributed by atoms with van der Waals surface area (Å²) in [5.41, 5.74) is 2.73. The Morgan fingerprint density at radius 1 is 1.75 bits per heavy atom. The molecule has 0 saturated carbocycles. The zero-order valence-corrected chi connectivity index (χ0v) is 4.70. The lowest BCUT2D eigenvalue weighted by Crippen LogP contribution is -2.27. The molecule has 0 aromatic heterocycles. The Balaban J connectivity index is 2.40. The van der Waals surface area contributed by atoms with Gasteiger partial charge in [0, 0.05) is 6.20 Å². The van der Waals surface area contributed by atoms with Crippen molar-refractivity contribution in [1.82, 2.24) is 10.5 Å². The van der Waals surface area contributed by atoms with E-state index in [4.69, 9.17) is 0 Å². The average molecular weight is 110 g/mol. The van der Waals surface area contributed by atoms with E-state index in [1.54, 1.807) is 11.2 Å². The molecular weight excluding hydrogens is 102 g/mol. The summed E-state index contributed by atoms with van der Waals surface area (Å²) < 4.78 is 0. The molecule has 0 aliphatic carbocycles. The van der Waals surface area contributed by atoms with Gasteiger partial charge >= 0.3 is 0 Å². The molecule has 0 unspecified atom stereocenters. The first-order valence-corrected chi connectivity index (χ1v) is 2.47. The standard InChI is InChI=1S/C5H8N3/c1-2-8-5-3-4-6-7-8/h2-5,7H,1H3. The lowest BCUT2D eigenvalue weighted by atomic mass is 10.6. The summed E-state index contributed by atoms with van der Waals surface area (Å²) in [5, 5.41) is 5.53. The van der Waals surface area contributed by atoms with Crippen molar-refractivity contribution in [2.45, 2.75) is 6.92 Å². The summed E-state index contributed by atoms with van der Waals surface area (Å²) in [5.74, 6) is 0. The van der Waals surface area contributed by atoms with Crippen LogP contribution in [0.25, 0.3) is 0 Å². The van der Waals surface area contributed by atoms with Crippen LogP contribution in [0.15, 0.2) is 17.4 Å². The number of hydrogen-bond acceptors (Lipinski definition) is 3. The van der Waals surface area contributed by atoms with Crippen LogP contribution in [0.3, 0.4) is 0 Å². The molecule has 0 saturated heterocycles. The van der Waals surface area contributed by atoms with Gasteiger partial charge in [-0.05, 0) is 13.0 Å². The average Bonchev–Trinajstić information content (AvgIpc) is 1.90. The van der Waals surface area contributed by atoms with Crippen LogP contribution in [-0.4, -0.2) is 11.2 Å². The van der Waals surface area contributed by atoms with E-state index in [0.29, 0.717) is 0 Å². The highest BCUT2D eigenvalue weighted by Gasteiger charge is 1.91. The van der Waals surface area contributed by atoms with Crippen molar-refractivity contribution in [1.29, 1.82) is 0 Å². The molecule has 8 heavy (non-hydrogen) atoms. The van der Waals surface area contributed by atoms with Crippen LogP contribution in [-0.2, 0) is 0 Å². The van der Waals surface area contributed by atoms with Gasteiger partial charge in [-0.2, -0.15) is 5.10 Å². The van der Waals surface area contributed by atoms with Gasteiger partial charge in [0.05, 0.1) is 12.8 Å². The molecular formula is C5H8N3. The van der Waals surface area contributed by atoms with Crippen molar-refractivity contribution in [2.75, 3.05) is 0 Å². The molecule has 1 rings (SSSR count). The van der Waals surface area contributed by atoms with E-state index < -0.39 is 0 Å². The normalized spacial score (nSPS) is 16.4. The highest BCUT2D eigenvalue weighted by Crippen LogP contribution is 1.90. The molecule has 0 bridgehead atoms. The van der Waals surface area contributed by atoms with Crippen LogP contribution in [0.4, 0.5) is 0 Å². The van der Waals surface area contributed by atoms with Gasteiger partial charge in [0.2, 0.25) is 0 Å². The second kappa shape index (κ2) is 2.35. The van der Waals surface area contributed by atoms with E-state index in [1.807, 2.05) is 25.7 Å². The lowest BCUT2D eigenvalue weighted by Gasteiger charge is -2.17. The Morgan fingerprint density at radius 3 is 3.00 bits per heavy atom. The maximum atomic E-state index is 3.76. The molecule has 1 heterocycles. The Kier molecular flexibility index (Phi) is 1.51. The number of nitrogens with zero attached hydrogens (tertiary/aromatic N) is 2. The predicted molar refractivity (Wildman–Crippen MR) is 32.6 cm³/mol. The number of nitrogens with one attached hydrogen (secondary N) is 1. The second-order valence-corrected chi connectivity index (χ2v) is 1.39. The Morgan fingerprint density at radius 2 is 2.62 bits per heavy atom. The first-order valence-electron chi connectivity index (χ1n) is 2.47. The Labute approximate surface area is 48.6 Å². The van der Waals surface area contributed by atoms with E-state index in [1.165, 1.54) is 0 Å². The van der Waals surface area contributed by atoms with Crippen molar-refractivity contribution in [3.63, 3.8) is 0 Å². The molecule has 0 aromatic carbocycles. The molecule has 0 spiro atoms. The van der Waals surface area contributed by atoms with E-state index in [0.717, 1.165) is 0 Å². The first-order chi connectivity index (χ1) is 3.93. The maximum absolute atomic E-state index is 3.76. The SMILES string of the molecule is C[CH]N1C=CC=NN1. The minimum absolute atomic E-state index is 1.69. The van der Waals surface area contributed by atoms with Crippen molar-refractivity contribution in [3.05, 3.63) is 18.8 Å². The summed E-state index contributed by atoms with van der Waals surface area (Å²) >= 11 is 0. The molecule has 0 fully saturated rings. The number of rotatable bonds is 1. The van der Waals surface area contributed by atoms with Crippen LogP contribution in [0.1, 0.15) is 6.92 Å². The fraction of sp³-hybridized carbons (Fsp3) is 0.200. The predicted octanol–water partition coefficient (Wildman–Crippen LogP) is 0.488. The first kappa shape index (κ1) is 5.15. The molecule has 3 heteroatoms. The molecule has 1 aliphatic rings. The third-order valence-electron chi connectivity index (χ3n) is 0.859. The van der Waals surface area contributed by atoms with Gasteiger partial charge in [-0.1, -0.05) is 0 Å². The lowest BCUT2D eigenvalue weighted by molar-refractivity contribution is 0.337. The van der Waals surface area contributed by atoms with Gasteiger partial charge in [-0.25, -0.2) is 5.53 Å². The quantitative estimate of drug-likeness (QED) is 0.532. The monoisotopic (exact) mass is 110 g/mol. The smallest absolute Gasteiger partial charge is 0.0705 e. The van der Waals surface area contributed by atoms with Crippen LogP contribution >= 0.6 is 0 Å². The van der Waals surface area contributed by atoms with Crippen LogP contribution in [0.2, 0.25) is 0 Å². The summed E-state index contributed by atoms with van der Waals surface area (Å²) in [4.78, 5) is 0. The molecule has 0 amide bonds. The summed E-state index contributed by atoms with van der Waals surface area (Å²) in [6.45, 7) is 3.81. The molecule has 43 valence electrons. The molecule has 3 nitrogen and oxygen atoms in total. The van der Waals surface area contributed by atoms with E-state index in [-0.39, 0.29) is 0 Å². The van der Waals surface area contributed by atoms with E-state index in [9.17, 15) is 0 Å². The highest BCUT2D eigenvalue weighted by atomic mass is 15.6. The van der Waals surface area contributed by atoms with Crippen LogP contribution in [0.5, 0.6) is 0 Å². The van der Waals surface area contributed by atoms with Gasteiger partial charge in [0.25, 0.3) is 0 Å². The zero-order chi connectivity index (χ0) is 5.82. The van der Waals surface area contributed by atoms with Gasteiger partial charge < -0.3 is 0 Å².